The lowest BCUT2D eigenvalue weighted by Gasteiger charge is -2.17. The molecule has 0 amide bonds. The second-order valence-electron chi connectivity index (χ2n) is 3.81. The van der Waals surface area contributed by atoms with Crippen LogP contribution in [-0.2, 0) is 0 Å². The second kappa shape index (κ2) is 5.04. The van der Waals surface area contributed by atoms with Gasteiger partial charge in [0, 0.05) is 6.04 Å². The van der Waals surface area contributed by atoms with Crippen molar-refractivity contribution in [1.82, 2.24) is 5.32 Å². The molecular formula is C12H14ClNOS. The van der Waals surface area contributed by atoms with Gasteiger partial charge < -0.3 is 9.73 Å². The number of rotatable bonds is 4. The average Bonchev–Trinajstić information content (AvgIpc) is 2.87. The van der Waals surface area contributed by atoms with Gasteiger partial charge in [-0.3, -0.25) is 0 Å². The van der Waals surface area contributed by atoms with Crippen LogP contribution in [0.25, 0.3) is 0 Å². The number of nitrogens with one attached hydrogen (secondary N) is 1. The van der Waals surface area contributed by atoms with Gasteiger partial charge in [0.15, 0.2) is 0 Å². The Labute approximate surface area is 104 Å². The van der Waals surface area contributed by atoms with Crippen molar-refractivity contribution in [3.8, 4) is 0 Å². The summed E-state index contributed by atoms with van der Waals surface area (Å²) >= 11 is 7.47. The minimum absolute atomic E-state index is 0.198. The molecular weight excluding hydrogens is 242 g/mol. The van der Waals surface area contributed by atoms with Gasteiger partial charge in [0.05, 0.1) is 16.6 Å². The van der Waals surface area contributed by atoms with E-state index in [1.165, 1.54) is 5.56 Å². The first kappa shape index (κ1) is 11.7. The number of furan rings is 1. The minimum Gasteiger partial charge on any atom is -0.468 e. The number of halogens is 1. The molecule has 0 spiro atoms. The first-order valence-electron chi connectivity index (χ1n) is 5.20. The van der Waals surface area contributed by atoms with Crippen molar-refractivity contribution in [1.29, 1.82) is 0 Å². The summed E-state index contributed by atoms with van der Waals surface area (Å²) < 4.78 is 6.18. The van der Waals surface area contributed by atoms with Crippen LogP contribution in [0.3, 0.4) is 0 Å². The zero-order chi connectivity index (χ0) is 11.5. The molecule has 2 rings (SSSR count). The smallest absolute Gasteiger partial charge is 0.120 e. The molecule has 0 aliphatic rings. The van der Waals surface area contributed by atoms with Crippen LogP contribution in [0, 0.1) is 0 Å². The highest BCUT2D eigenvalue weighted by Crippen LogP contribution is 2.26. The SMILES string of the molecule is CC(N[C@@H](C)c1ccco1)c1csc(Cl)c1. The largest absolute Gasteiger partial charge is 0.468 e. The van der Waals surface area contributed by atoms with Crippen molar-refractivity contribution in [3.63, 3.8) is 0 Å². The quantitative estimate of drug-likeness (QED) is 0.876. The van der Waals surface area contributed by atoms with Crippen molar-refractivity contribution in [2.45, 2.75) is 25.9 Å². The lowest BCUT2D eigenvalue weighted by molar-refractivity contribution is 0.403. The van der Waals surface area contributed by atoms with Crippen LogP contribution in [0.15, 0.2) is 34.3 Å². The molecule has 0 saturated carbocycles. The first-order chi connectivity index (χ1) is 7.66. The fourth-order valence-corrected chi connectivity index (χ4v) is 2.63. The molecule has 0 fully saturated rings. The Morgan fingerprint density at radius 2 is 2.19 bits per heavy atom. The molecule has 86 valence electrons. The summed E-state index contributed by atoms with van der Waals surface area (Å²) in [4.78, 5) is 0. The van der Waals surface area contributed by atoms with Crippen molar-refractivity contribution in [3.05, 3.63) is 45.5 Å². The zero-order valence-corrected chi connectivity index (χ0v) is 10.8. The topological polar surface area (TPSA) is 25.2 Å². The Hall–Kier alpha value is -0.770. The maximum Gasteiger partial charge on any atom is 0.120 e. The lowest BCUT2D eigenvalue weighted by atomic mass is 10.1. The van der Waals surface area contributed by atoms with Gasteiger partial charge >= 0.3 is 0 Å². The molecule has 1 N–H and O–H groups in total. The van der Waals surface area contributed by atoms with E-state index in [9.17, 15) is 0 Å². The third-order valence-electron chi connectivity index (χ3n) is 2.56. The summed E-state index contributed by atoms with van der Waals surface area (Å²) in [7, 11) is 0. The molecule has 16 heavy (non-hydrogen) atoms. The standard InChI is InChI=1S/C12H14ClNOS/c1-8(10-6-12(13)16-7-10)14-9(2)11-4-3-5-15-11/h3-9,14H,1-2H3/t8?,9-/m0/s1. The van der Waals surface area contributed by atoms with Crippen LogP contribution in [-0.4, -0.2) is 0 Å². The Kier molecular flexibility index (Phi) is 3.69. The number of thiophene rings is 1. The van der Waals surface area contributed by atoms with Crippen LogP contribution < -0.4 is 5.32 Å². The Bertz CT molecular complexity index is 438. The van der Waals surface area contributed by atoms with Gasteiger partial charge in [0.25, 0.3) is 0 Å². The van der Waals surface area contributed by atoms with Crippen LogP contribution in [0.4, 0.5) is 0 Å². The van der Waals surface area contributed by atoms with E-state index in [-0.39, 0.29) is 12.1 Å². The highest BCUT2D eigenvalue weighted by Gasteiger charge is 2.13. The van der Waals surface area contributed by atoms with Crippen molar-refractivity contribution >= 4 is 22.9 Å². The van der Waals surface area contributed by atoms with E-state index in [1.807, 2.05) is 18.2 Å². The summed E-state index contributed by atoms with van der Waals surface area (Å²) in [6.45, 7) is 4.21. The lowest BCUT2D eigenvalue weighted by Crippen LogP contribution is -2.21. The molecule has 0 radical (unpaired) electrons. The number of hydrogen-bond acceptors (Lipinski definition) is 3. The summed E-state index contributed by atoms with van der Waals surface area (Å²) in [5.74, 6) is 0.952. The fraction of sp³-hybridized carbons (Fsp3) is 0.333. The first-order valence-corrected chi connectivity index (χ1v) is 6.46. The summed E-state index contributed by atoms with van der Waals surface area (Å²) in [6, 6.07) is 6.34. The second-order valence-corrected chi connectivity index (χ2v) is 5.35. The van der Waals surface area contributed by atoms with Crippen LogP contribution in [0.2, 0.25) is 4.34 Å². The van der Waals surface area contributed by atoms with Crippen molar-refractivity contribution in [2.75, 3.05) is 0 Å². The van der Waals surface area contributed by atoms with Crippen LogP contribution >= 0.6 is 22.9 Å². The molecule has 2 atom stereocenters. The molecule has 2 aromatic rings. The van der Waals surface area contributed by atoms with E-state index in [0.29, 0.717) is 0 Å². The monoisotopic (exact) mass is 255 g/mol. The van der Waals surface area contributed by atoms with E-state index in [0.717, 1.165) is 10.1 Å². The van der Waals surface area contributed by atoms with Gasteiger partial charge in [-0.15, -0.1) is 11.3 Å². The highest BCUT2D eigenvalue weighted by molar-refractivity contribution is 7.14. The summed E-state index contributed by atoms with van der Waals surface area (Å²) in [6.07, 6.45) is 1.69. The predicted octanol–water partition coefficient (Wildman–Crippen LogP) is 4.41. The molecule has 2 aromatic heterocycles. The maximum atomic E-state index is 5.91. The Morgan fingerprint density at radius 3 is 2.75 bits per heavy atom. The molecule has 0 aliphatic heterocycles. The molecule has 0 aromatic carbocycles. The van der Waals surface area contributed by atoms with Crippen LogP contribution in [0.5, 0.6) is 0 Å². The third kappa shape index (κ3) is 2.67. The van der Waals surface area contributed by atoms with Gasteiger partial charge in [0.1, 0.15) is 5.76 Å². The predicted molar refractivity (Wildman–Crippen MR) is 68.0 cm³/mol. The maximum absolute atomic E-state index is 5.91. The highest BCUT2D eigenvalue weighted by atomic mass is 35.5. The van der Waals surface area contributed by atoms with E-state index >= 15 is 0 Å². The normalized spacial score (nSPS) is 14.9. The average molecular weight is 256 g/mol. The van der Waals surface area contributed by atoms with Gasteiger partial charge in [-0.05, 0) is 43.0 Å². The van der Waals surface area contributed by atoms with Gasteiger partial charge in [0.2, 0.25) is 0 Å². The molecule has 0 aliphatic carbocycles. The Balaban J connectivity index is 2.00. The molecule has 2 nitrogen and oxygen atoms in total. The van der Waals surface area contributed by atoms with E-state index in [4.69, 9.17) is 16.0 Å². The molecule has 4 heteroatoms. The molecule has 0 bridgehead atoms. The Morgan fingerprint density at radius 1 is 1.38 bits per heavy atom. The number of hydrogen-bond donors (Lipinski definition) is 1. The van der Waals surface area contributed by atoms with Gasteiger partial charge in [-0.1, -0.05) is 11.6 Å². The van der Waals surface area contributed by atoms with Crippen LogP contribution in [0.1, 0.15) is 37.3 Å². The molecule has 2 heterocycles. The molecule has 1 unspecified atom stereocenters. The third-order valence-corrected chi connectivity index (χ3v) is 3.67. The fourth-order valence-electron chi connectivity index (χ4n) is 1.64. The summed E-state index contributed by atoms with van der Waals surface area (Å²) in [5.41, 5.74) is 1.22. The van der Waals surface area contributed by atoms with Gasteiger partial charge in [-0.25, -0.2) is 0 Å². The summed E-state index contributed by atoms with van der Waals surface area (Å²) in [5, 5.41) is 5.54. The van der Waals surface area contributed by atoms with E-state index in [2.05, 4.69) is 24.5 Å². The van der Waals surface area contributed by atoms with Gasteiger partial charge in [-0.2, -0.15) is 0 Å². The van der Waals surface area contributed by atoms with E-state index < -0.39 is 0 Å². The van der Waals surface area contributed by atoms with Crippen molar-refractivity contribution < 1.29 is 4.42 Å². The van der Waals surface area contributed by atoms with E-state index in [1.54, 1.807) is 17.6 Å². The zero-order valence-electron chi connectivity index (χ0n) is 9.24. The molecule has 0 saturated heterocycles. The minimum atomic E-state index is 0.198. The van der Waals surface area contributed by atoms with Crippen molar-refractivity contribution in [2.24, 2.45) is 0 Å².